The fourth-order valence-electron chi connectivity index (χ4n) is 1.01. The predicted molar refractivity (Wildman–Crippen MR) is 59.5 cm³/mol. The molecule has 0 spiro atoms. The van der Waals surface area contributed by atoms with Crippen LogP contribution < -0.4 is 5.32 Å². The number of oxime groups is 1. The zero-order valence-electron chi connectivity index (χ0n) is 8.24. The lowest BCUT2D eigenvalue weighted by Gasteiger charge is -1.94. The molecule has 0 aromatic carbocycles. The van der Waals surface area contributed by atoms with Crippen molar-refractivity contribution in [2.75, 3.05) is 11.9 Å². The molecule has 1 aromatic heterocycles. The van der Waals surface area contributed by atoms with Crippen LogP contribution in [0.2, 0.25) is 0 Å². The van der Waals surface area contributed by atoms with Gasteiger partial charge in [-0.15, -0.1) is 6.58 Å². The van der Waals surface area contributed by atoms with Crippen molar-refractivity contribution in [3.05, 3.63) is 23.2 Å². The molecule has 14 heavy (non-hydrogen) atoms. The first-order valence-corrected chi connectivity index (χ1v) is 5.02. The van der Waals surface area contributed by atoms with E-state index >= 15 is 0 Å². The number of rotatable bonds is 4. The van der Waals surface area contributed by atoms with Gasteiger partial charge in [0.05, 0.1) is 16.3 Å². The predicted octanol–water partition coefficient (Wildman–Crippen LogP) is 2.25. The van der Waals surface area contributed by atoms with Gasteiger partial charge in [-0.1, -0.05) is 22.6 Å². The molecule has 0 saturated heterocycles. The van der Waals surface area contributed by atoms with Gasteiger partial charge in [0.2, 0.25) is 0 Å². The van der Waals surface area contributed by atoms with E-state index in [4.69, 9.17) is 5.21 Å². The minimum absolute atomic E-state index is 0.589. The quantitative estimate of drug-likeness (QED) is 0.347. The van der Waals surface area contributed by atoms with Crippen LogP contribution in [0.3, 0.4) is 0 Å². The minimum Gasteiger partial charge on any atom is -0.411 e. The Kier molecular flexibility index (Phi) is 3.64. The molecule has 4 nitrogen and oxygen atoms in total. The van der Waals surface area contributed by atoms with E-state index < -0.39 is 0 Å². The molecule has 0 amide bonds. The highest BCUT2D eigenvalue weighted by atomic mass is 32.1. The Hall–Kier alpha value is -1.36. The summed E-state index contributed by atoms with van der Waals surface area (Å²) in [5.41, 5.74) is 1.46. The molecule has 5 heteroatoms. The average Bonchev–Trinajstić information content (AvgIpc) is 2.55. The van der Waals surface area contributed by atoms with E-state index in [2.05, 4.69) is 22.0 Å². The summed E-state index contributed by atoms with van der Waals surface area (Å²) in [6, 6.07) is 0. The normalized spacial score (nSPS) is 11.4. The maximum absolute atomic E-state index is 8.63. The molecular weight excluding hydrogens is 198 g/mol. The summed E-state index contributed by atoms with van der Waals surface area (Å²) < 4.78 is 0. The van der Waals surface area contributed by atoms with E-state index in [1.165, 1.54) is 11.3 Å². The summed E-state index contributed by atoms with van der Waals surface area (Å²) in [6.45, 7) is 7.93. The van der Waals surface area contributed by atoms with Crippen molar-refractivity contribution < 1.29 is 5.21 Å². The van der Waals surface area contributed by atoms with Crippen LogP contribution in [-0.2, 0) is 0 Å². The first kappa shape index (κ1) is 10.7. The van der Waals surface area contributed by atoms with Crippen LogP contribution in [0.4, 0.5) is 5.13 Å². The maximum atomic E-state index is 8.63. The monoisotopic (exact) mass is 211 g/mol. The number of anilines is 1. The van der Waals surface area contributed by atoms with Crippen LogP contribution in [0.15, 0.2) is 17.8 Å². The van der Waals surface area contributed by atoms with Gasteiger partial charge in [-0.2, -0.15) is 0 Å². The van der Waals surface area contributed by atoms with Crippen molar-refractivity contribution in [2.24, 2.45) is 5.16 Å². The van der Waals surface area contributed by atoms with Gasteiger partial charge in [0.1, 0.15) is 0 Å². The van der Waals surface area contributed by atoms with Crippen LogP contribution in [0.25, 0.3) is 0 Å². The van der Waals surface area contributed by atoms with Crippen molar-refractivity contribution in [2.45, 2.75) is 13.8 Å². The Balaban J connectivity index is 2.87. The number of hydrogen-bond donors (Lipinski definition) is 2. The van der Waals surface area contributed by atoms with E-state index in [1.807, 2.05) is 6.92 Å². The summed E-state index contributed by atoms with van der Waals surface area (Å²) in [5.74, 6) is 0. The zero-order valence-corrected chi connectivity index (χ0v) is 9.06. The second-order valence-electron chi connectivity index (χ2n) is 2.79. The summed E-state index contributed by atoms with van der Waals surface area (Å²) >= 11 is 1.47. The number of nitrogens with zero attached hydrogens (tertiary/aromatic N) is 2. The number of aryl methyl sites for hydroxylation is 1. The second-order valence-corrected chi connectivity index (χ2v) is 3.79. The van der Waals surface area contributed by atoms with E-state index in [0.717, 1.165) is 15.7 Å². The molecule has 0 unspecified atom stereocenters. The fourth-order valence-corrected chi connectivity index (χ4v) is 1.93. The van der Waals surface area contributed by atoms with Crippen molar-refractivity contribution in [3.8, 4) is 0 Å². The Morgan fingerprint density at radius 2 is 2.50 bits per heavy atom. The number of thiazole rings is 1. The first-order valence-electron chi connectivity index (χ1n) is 4.20. The van der Waals surface area contributed by atoms with Crippen LogP contribution >= 0.6 is 11.3 Å². The molecule has 1 rings (SSSR count). The summed E-state index contributed by atoms with van der Waals surface area (Å²) in [7, 11) is 0. The van der Waals surface area contributed by atoms with E-state index in [0.29, 0.717) is 12.3 Å². The van der Waals surface area contributed by atoms with E-state index in [9.17, 15) is 0 Å². The second kappa shape index (κ2) is 4.76. The molecule has 2 N–H and O–H groups in total. The largest absolute Gasteiger partial charge is 0.411 e. The smallest absolute Gasteiger partial charge is 0.183 e. The molecule has 0 fully saturated rings. The highest BCUT2D eigenvalue weighted by Gasteiger charge is 2.09. The molecule has 0 aliphatic carbocycles. The molecular formula is C9H13N3OS. The van der Waals surface area contributed by atoms with Crippen molar-refractivity contribution in [3.63, 3.8) is 0 Å². The van der Waals surface area contributed by atoms with Gasteiger partial charge in [-0.3, -0.25) is 0 Å². The fraction of sp³-hybridized carbons (Fsp3) is 0.333. The first-order chi connectivity index (χ1) is 6.69. The van der Waals surface area contributed by atoms with Gasteiger partial charge < -0.3 is 10.5 Å². The van der Waals surface area contributed by atoms with Crippen LogP contribution in [0.5, 0.6) is 0 Å². The topological polar surface area (TPSA) is 57.5 Å². The lowest BCUT2D eigenvalue weighted by atomic mass is 10.3. The van der Waals surface area contributed by atoms with Gasteiger partial charge in [-0.05, 0) is 13.8 Å². The molecule has 0 aliphatic heterocycles. The highest BCUT2D eigenvalue weighted by Crippen LogP contribution is 2.22. The number of nitrogens with one attached hydrogen (secondary N) is 1. The summed E-state index contributed by atoms with van der Waals surface area (Å²) in [5, 5.41) is 15.7. The summed E-state index contributed by atoms with van der Waals surface area (Å²) in [6.07, 6.45) is 1.77. The number of aromatic nitrogens is 1. The third kappa shape index (κ3) is 2.32. The average molecular weight is 211 g/mol. The lowest BCUT2D eigenvalue weighted by molar-refractivity contribution is 0.319. The molecule has 0 atom stereocenters. The molecule has 1 heterocycles. The Morgan fingerprint density at radius 1 is 1.79 bits per heavy atom. The summed E-state index contributed by atoms with van der Waals surface area (Å²) in [4.78, 5) is 5.19. The van der Waals surface area contributed by atoms with Crippen LogP contribution in [0, 0.1) is 6.92 Å². The highest BCUT2D eigenvalue weighted by molar-refractivity contribution is 7.17. The molecule has 0 saturated carbocycles. The van der Waals surface area contributed by atoms with Crippen molar-refractivity contribution in [1.29, 1.82) is 0 Å². The molecule has 0 bridgehead atoms. The molecule has 76 valence electrons. The third-order valence-electron chi connectivity index (χ3n) is 1.67. The lowest BCUT2D eigenvalue weighted by Crippen LogP contribution is -1.96. The van der Waals surface area contributed by atoms with Gasteiger partial charge in [-0.25, -0.2) is 4.98 Å². The Labute approximate surface area is 87.0 Å². The van der Waals surface area contributed by atoms with E-state index in [1.54, 1.807) is 13.0 Å². The van der Waals surface area contributed by atoms with Gasteiger partial charge in [0.15, 0.2) is 5.13 Å². The van der Waals surface area contributed by atoms with Crippen molar-refractivity contribution >= 4 is 22.2 Å². The minimum atomic E-state index is 0.589. The maximum Gasteiger partial charge on any atom is 0.183 e. The zero-order chi connectivity index (χ0) is 10.6. The van der Waals surface area contributed by atoms with Gasteiger partial charge >= 0.3 is 0 Å². The Bertz CT molecular complexity index is 357. The third-order valence-corrected chi connectivity index (χ3v) is 2.90. The SMILES string of the molecule is C=CCNc1nc(C)c(/C(C)=N\O)s1. The van der Waals surface area contributed by atoms with Gasteiger partial charge in [0.25, 0.3) is 0 Å². The number of hydrogen-bond acceptors (Lipinski definition) is 5. The standard InChI is InChI=1S/C9H13N3OS/c1-4-5-10-9-11-6(2)8(14-9)7(3)12-13/h4,13H,1,5H2,2-3H3,(H,10,11)/b12-7-. The molecule has 1 aromatic rings. The molecule has 0 aliphatic rings. The molecule has 0 radical (unpaired) electrons. The van der Waals surface area contributed by atoms with Crippen LogP contribution in [0.1, 0.15) is 17.5 Å². The Morgan fingerprint density at radius 3 is 3.07 bits per heavy atom. The van der Waals surface area contributed by atoms with Crippen LogP contribution in [-0.4, -0.2) is 22.4 Å². The van der Waals surface area contributed by atoms with Crippen molar-refractivity contribution in [1.82, 2.24) is 4.98 Å². The van der Waals surface area contributed by atoms with Gasteiger partial charge in [0, 0.05) is 6.54 Å². The van der Waals surface area contributed by atoms with E-state index in [-0.39, 0.29) is 0 Å².